The van der Waals surface area contributed by atoms with Gasteiger partial charge in [-0.25, -0.2) is 0 Å². The van der Waals surface area contributed by atoms with Crippen LogP contribution in [0.3, 0.4) is 0 Å². The summed E-state index contributed by atoms with van der Waals surface area (Å²) < 4.78 is 5.55. The molecule has 2 atom stereocenters. The number of hydrogen-bond acceptors (Lipinski definition) is 2. The van der Waals surface area contributed by atoms with Crippen LogP contribution in [0.4, 0.5) is 0 Å². The highest BCUT2D eigenvalue weighted by Gasteiger charge is 2.15. The molecule has 1 saturated heterocycles. The Bertz CT molecular complexity index is 508. The third-order valence-electron chi connectivity index (χ3n) is 3.55. The van der Waals surface area contributed by atoms with Crippen LogP contribution < -0.4 is 11.1 Å². The van der Waals surface area contributed by atoms with Crippen molar-refractivity contribution in [1.82, 2.24) is 5.32 Å². The molecule has 0 amide bonds. The first kappa shape index (κ1) is 19.8. The molecule has 22 heavy (non-hydrogen) atoms. The molecular formula is C15H22Cl2IN3O. The van der Waals surface area contributed by atoms with Gasteiger partial charge >= 0.3 is 0 Å². The Morgan fingerprint density at radius 1 is 1.50 bits per heavy atom. The van der Waals surface area contributed by atoms with Crippen molar-refractivity contribution in [3.05, 3.63) is 33.8 Å². The lowest BCUT2D eigenvalue weighted by Crippen LogP contribution is -2.34. The fourth-order valence-electron chi connectivity index (χ4n) is 2.40. The molecule has 1 aromatic rings. The van der Waals surface area contributed by atoms with Crippen molar-refractivity contribution in [1.29, 1.82) is 0 Å². The number of nitrogens with two attached hydrogens (primary N) is 1. The highest BCUT2D eigenvalue weighted by atomic mass is 127. The van der Waals surface area contributed by atoms with Crippen LogP contribution in [0.5, 0.6) is 0 Å². The molecule has 0 aromatic heterocycles. The van der Waals surface area contributed by atoms with Crippen LogP contribution in [0.15, 0.2) is 23.2 Å². The Labute approximate surface area is 158 Å². The summed E-state index contributed by atoms with van der Waals surface area (Å²) in [5, 5.41) is 4.38. The van der Waals surface area contributed by atoms with Crippen molar-refractivity contribution >= 4 is 53.1 Å². The quantitative estimate of drug-likeness (QED) is 0.396. The lowest BCUT2D eigenvalue weighted by Gasteiger charge is -2.16. The largest absolute Gasteiger partial charge is 0.378 e. The van der Waals surface area contributed by atoms with Gasteiger partial charge in [-0.1, -0.05) is 29.3 Å². The second-order valence-electron chi connectivity index (χ2n) is 5.22. The van der Waals surface area contributed by atoms with E-state index in [1.807, 2.05) is 19.1 Å². The summed E-state index contributed by atoms with van der Waals surface area (Å²) in [5.74, 6) is 0.423. The molecule has 0 radical (unpaired) electrons. The summed E-state index contributed by atoms with van der Waals surface area (Å²) in [5.41, 5.74) is 6.85. The highest BCUT2D eigenvalue weighted by molar-refractivity contribution is 14.0. The lowest BCUT2D eigenvalue weighted by atomic mass is 10.1. The van der Waals surface area contributed by atoms with E-state index in [1.165, 1.54) is 0 Å². The Morgan fingerprint density at radius 3 is 2.91 bits per heavy atom. The fraction of sp³-hybridized carbons (Fsp3) is 0.533. The summed E-state index contributed by atoms with van der Waals surface area (Å²) in [6.07, 6.45) is 3.52. The van der Waals surface area contributed by atoms with Crippen LogP contribution in [0.25, 0.3) is 0 Å². The van der Waals surface area contributed by atoms with E-state index in [2.05, 4.69) is 10.3 Å². The van der Waals surface area contributed by atoms with Crippen molar-refractivity contribution in [2.45, 2.75) is 38.3 Å². The maximum absolute atomic E-state index is 6.18. The Hall–Kier alpha value is -0.240. The van der Waals surface area contributed by atoms with Crippen LogP contribution in [-0.2, 0) is 4.74 Å². The van der Waals surface area contributed by atoms with Crippen molar-refractivity contribution in [2.24, 2.45) is 10.7 Å². The second kappa shape index (κ2) is 9.80. The van der Waals surface area contributed by atoms with Crippen LogP contribution in [0.1, 0.15) is 37.8 Å². The van der Waals surface area contributed by atoms with E-state index in [4.69, 9.17) is 33.7 Å². The minimum Gasteiger partial charge on any atom is -0.378 e. The predicted octanol–water partition coefficient (Wildman–Crippen LogP) is 4.15. The van der Waals surface area contributed by atoms with E-state index >= 15 is 0 Å². The monoisotopic (exact) mass is 457 g/mol. The normalized spacial score (nSPS) is 19.6. The molecule has 4 nitrogen and oxygen atoms in total. The third kappa shape index (κ3) is 6.10. The van der Waals surface area contributed by atoms with Crippen LogP contribution in [-0.4, -0.2) is 25.2 Å². The van der Waals surface area contributed by atoms with Crippen LogP contribution in [0.2, 0.25) is 10.0 Å². The summed E-state index contributed by atoms with van der Waals surface area (Å²) in [7, 11) is 0. The SMILES string of the molecule is CC(NC(N)=NCCC1CCCO1)c1ccc(Cl)cc1Cl.I. The molecule has 7 heteroatoms. The number of benzene rings is 1. The van der Waals surface area contributed by atoms with Crippen molar-refractivity contribution < 1.29 is 4.74 Å². The number of nitrogens with zero attached hydrogens (tertiary/aromatic N) is 1. The number of rotatable bonds is 5. The van der Waals surface area contributed by atoms with E-state index in [0.29, 0.717) is 28.7 Å². The molecule has 1 aromatic carbocycles. The third-order valence-corrected chi connectivity index (χ3v) is 4.11. The topological polar surface area (TPSA) is 59.6 Å². The smallest absolute Gasteiger partial charge is 0.189 e. The molecule has 0 saturated carbocycles. The number of nitrogens with one attached hydrogen (secondary N) is 1. The number of guanidine groups is 1. The van der Waals surface area contributed by atoms with Gasteiger partial charge in [0.05, 0.1) is 12.1 Å². The number of aliphatic imine (C=N–C) groups is 1. The van der Waals surface area contributed by atoms with Crippen molar-refractivity contribution in [2.75, 3.05) is 13.2 Å². The zero-order valence-corrected chi connectivity index (χ0v) is 16.4. The summed E-state index contributed by atoms with van der Waals surface area (Å²) in [4.78, 5) is 4.33. The van der Waals surface area contributed by atoms with Gasteiger partial charge in [0.1, 0.15) is 0 Å². The van der Waals surface area contributed by atoms with E-state index < -0.39 is 0 Å². The van der Waals surface area contributed by atoms with Gasteiger partial charge in [-0.2, -0.15) is 0 Å². The van der Waals surface area contributed by atoms with Gasteiger partial charge < -0.3 is 15.8 Å². The van der Waals surface area contributed by atoms with Crippen LogP contribution >= 0.6 is 47.2 Å². The molecule has 0 aliphatic carbocycles. The van der Waals surface area contributed by atoms with Gasteiger partial charge in [0.25, 0.3) is 0 Å². The molecule has 124 valence electrons. The zero-order valence-electron chi connectivity index (χ0n) is 12.5. The lowest BCUT2D eigenvalue weighted by molar-refractivity contribution is 0.106. The summed E-state index contributed by atoms with van der Waals surface area (Å²) in [6.45, 7) is 3.52. The first-order valence-corrected chi connectivity index (χ1v) is 7.95. The zero-order chi connectivity index (χ0) is 15.2. The average molecular weight is 458 g/mol. The average Bonchev–Trinajstić information content (AvgIpc) is 2.91. The van der Waals surface area contributed by atoms with Gasteiger partial charge in [0.15, 0.2) is 5.96 Å². The molecule has 3 N–H and O–H groups in total. The summed E-state index contributed by atoms with van der Waals surface area (Å²) >= 11 is 12.1. The minimum absolute atomic E-state index is 0. The van der Waals surface area contributed by atoms with E-state index in [0.717, 1.165) is 31.4 Å². The van der Waals surface area contributed by atoms with Gasteiger partial charge in [0, 0.05) is 23.2 Å². The van der Waals surface area contributed by atoms with Crippen molar-refractivity contribution in [3.8, 4) is 0 Å². The molecule has 0 spiro atoms. The molecule has 2 unspecified atom stereocenters. The molecule has 1 aliphatic rings. The maximum atomic E-state index is 6.18. The number of hydrogen-bond donors (Lipinski definition) is 2. The second-order valence-corrected chi connectivity index (χ2v) is 6.07. The van der Waals surface area contributed by atoms with E-state index in [9.17, 15) is 0 Å². The number of ether oxygens (including phenoxy) is 1. The molecule has 1 aliphatic heterocycles. The molecule has 1 heterocycles. The van der Waals surface area contributed by atoms with E-state index in [-0.39, 0.29) is 30.0 Å². The molecule has 0 bridgehead atoms. The molecular weight excluding hydrogens is 436 g/mol. The Balaban J connectivity index is 0.00000242. The van der Waals surface area contributed by atoms with E-state index in [1.54, 1.807) is 6.07 Å². The number of halogens is 3. The predicted molar refractivity (Wildman–Crippen MR) is 104 cm³/mol. The van der Waals surface area contributed by atoms with Crippen LogP contribution in [0, 0.1) is 0 Å². The molecule has 1 fully saturated rings. The minimum atomic E-state index is -0.0266. The fourth-order valence-corrected chi connectivity index (χ4v) is 2.97. The van der Waals surface area contributed by atoms with Gasteiger partial charge in [-0.05, 0) is 43.9 Å². The molecule has 2 rings (SSSR count). The Morgan fingerprint density at radius 2 is 2.27 bits per heavy atom. The van der Waals surface area contributed by atoms with Gasteiger partial charge in [0.2, 0.25) is 0 Å². The highest BCUT2D eigenvalue weighted by Crippen LogP contribution is 2.25. The first-order valence-electron chi connectivity index (χ1n) is 7.19. The Kier molecular flexibility index (Phi) is 8.82. The van der Waals surface area contributed by atoms with Crippen molar-refractivity contribution in [3.63, 3.8) is 0 Å². The first-order chi connectivity index (χ1) is 10.1. The summed E-state index contributed by atoms with van der Waals surface area (Å²) in [6, 6.07) is 5.40. The van der Waals surface area contributed by atoms with Gasteiger partial charge in [-0.15, -0.1) is 24.0 Å². The van der Waals surface area contributed by atoms with Gasteiger partial charge in [-0.3, -0.25) is 4.99 Å². The maximum Gasteiger partial charge on any atom is 0.189 e. The standard InChI is InChI=1S/C15H21Cl2N3O.HI/c1-10(13-5-4-11(16)9-14(13)17)20-15(18)19-7-6-12-3-2-8-21-12;/h4-5,9-10,12H,2-3,6-8H2,1H3,(H3,18,19,20);1H.